The Morgan fingerprint density at radius 1 is 1.28 bits per heavy atom. The molecule has 2 aliphatic heterocycles. The highest BCUT2D eigenvalue weighted by Crippen LogP contribution is 2.37. The van der Waals surface area contributed by atoms with Crippen LogP contribution in [-0.2, 0) is 25.7 Å². The Morgan fingerprint density at radius 3 is 2.62 bits per heavy atom. The lowest BCUT2D eigenvalue weighted by molar-refractivity contribution is -0.192. The van der Waals surface area contributed by atoms with Gasteiger partial charge in [-0.2, -0.15) is 13.2 Å². The normalized spacial score (nSPS) is 25.3. The lowest BCUT2D eigenvalue weighted by Gasteiger charge is -2.39. The van der Waals surface area contributed by atoms with E-state index < -0.39 is 12.1 Å². The minimum Gasteiger partial charge on any atom is -0.475 e. The Hall–Kier alpha value is -2.46. The first-order valence-corrected chi connectivity index (χ1v) is 10.6. The Morgan fingerprint density at radius 2 is 2.00 bits per heavy atom. The third kappa shape index (κ3) is 6.52. The quantitative estimate of drug-likeness (QED) is 0.746. The number of halogens is 3. The number of carbonyl (C=O) groups is 2. The van der Waals surface area contributed by atoms with Gasteiger partial charge in [0.25, 0.3) is 0 Å². The molecule has 7 nitrogen and oxygen atoms in total. The van der Waals surface area contributed by atoms with Crippen LogP contribution in [0.15, 0.2) is 36.2 Å². The van der Waals surface area contributed by atoms with Gasteiger partial charge in [-0.25, -0.2) is 4.79 Å². The van der Waals surface area contributed by atoms with Gasteiger partial charge in [-0.15, -0.1) is 0 Å². The number of carbonyl (C=O) groups excluding carboxylic acids is 1. The first-order valence-electron chi connectivity index (χ1n) is 10.6. The molecule has 176 valence electrons. The van der Waals surface area contributed by atoms with Gasteiger partial charge < -0.3 is 19.5 Å². The molecule has 3 heterocycles. The van der Waals surface area contributed by atoms with E-state index in [0.29, 0.717) is 19.8 Å². The number of nitrogens with zero attached hydrogens (tertiary/aromatic N) is 2. The molecule has 10 heteroatoms. The fraction of sp³-hybridized carbons (Fsp3) is 0.591. The number of likely N-dealkylation sites (tertiary alicyclic amines) is 1. The lowest BCUT2D eigenvalue weighted by atomic mass is 9.89. The van der Waals surface area contributed by atoms with E-state index in [0.717, 1.165) is 56.2 Å². The van der Waals surface area contributed by atoms with Crippen LogP contribution < -0.4 is 0 Å². The monoisotopic (exact) mass is 456 g/mol. The van der Waals surface area contributed by atoms with Gasteiger partial charge >= 0.3 is 12.1 Å². The predicted octanol–water partition coefficient (Wildman–Crippen LogP) is 3.49. The van der Waals surface area contributed by atoms with Crippen molar-refractivity contribution < 1.29 is 37.3 Å². The summed E-state index contributed by atoms with van der Waals surface area (Å²) >= 11 is 0. The van der Waals surface area contributed by atoms with Crippen LogP contribution in [0.2, 0.25) is 0 Å². The Labute approximate surface area is 184 Å². The molecular formula is C22H27F3N2O5. The van der Waals surface area contributed by atoms with E-state index in [-0.39, 0.29) is 17.6 Å². The van der Waals surface area contributed by atoms with E-state index in [9.17, 15) is 18.0 Å². The molecule has 4 rings (SSSR count). The van der Waals surface area contributed by atoms with Crippen molar-refractivity contribution in [1.82, 2.24) is 9.88 Å². The van der Waals surface area contributed by atoms with E-state index in [2.05, 4.69) is 11.1 Å². The maximum atomic E-state index is 12.7. The van der Waals surface area contributed by atoms with Crippen molar-refractivity contribution in [3.8, 4) is 0 Å². The number of rotatable bonds is 4. The Bertz CT molecular complexity index is 831. The summed E-state index contributed by atoms with van der Waals surface area (Å²) in [5, 5.41) is 7.12. The zero-order valence-corrected chi connectivity index (χ0v) is 17.6. The molecule has 0 saturated carbocycles. The van der Waals surface area contributed by atoms with E-state index in [4.69, 9.17) is 19.4 Å². The van der Waals surface area contributed by atoms with E-state index >= 15 is 0 Å². The van der Waals surface area contributed by atoms with Gasteiger partial charge in [0.2, 0.25) is 5.91 Å². The summed E-state index contributed by atoms with van der Waals surface area (Å²) in [5.74, 6) is -2.53. The van der Waals surface area contributed by atoms with Crippen LogP contribution in [0.5, 0.6) is 0 Å². The van der Waals surface area contributed by atoms with Gasteiger partial charge in [-0.1, -0.05) is 6.08 Å². The molecule has 0 unspecified atom stereocenters. The summed E-state index contributed by atoms with van der Waals surface area (Å²) in [6, 6.07) is 3.95. The van der Waals surface area contributed by atoms with Crippen molar-refractivity contribution in [3.05, 3.63) is 41.7 Å². The van der Waals surface area contributed by atoms with Crippen molar-refractivity contribution in [2.45, 2.75) is 63.0 Å². The molecule has 2 atom stereocenters. The lowest BCUT2D eigenvalue weighted by Crippen LogP contribution is -2.50. The van der Waals surface area contributed by atoms with Gasteiger partial charge in [0, 0.05) is 30.9 Å². The second kappa shape index (κ2) is 10.4. The highest BCUT2D eigenvalue weighted by atomic mass is 19.4. The molecule has 3 aliphatic rings. The average Bonchev–Trinajstić information content (AvgIpc) is 3.43. The first-order chi connectivity index (χ1) is 15.2. The third-order valence-electron chi connectivity index (χ3n) is 5.79. The topological polar surface area (TPSA) is 89.0 Å². The fourth-order valence-corrected chi connectivity index (χ4v) is 4.23. The number of pyridine rings is 1. The molecule has 0 aromatic carbocycles. The van der Waals surface area contributed by atoms with Gasteiger partial charge in [0.05, 0.1) is 31.5 Å². The number of allylic oxidation sites excluding steroid dienone is 1. The van der Waals surface area contributed by atoms with E-state index in [1.54, 1.807) is 12.4 Å². The van der Waals surface area contributed by atoms with Crippen molar-refractivity contribution >= 4 is 11.9 Å². The fourth-order valence-electron chi connectivity index (χ4n) is 4.23. The zero-order valence-electron chi connectivity index (χ0n) is 17.6. The van der Waals surface area contributed by atoms with Crippen LogP contribution in [0.1, 0.15) is 44.1 Å². The van der Waals surface area contributed by atoms with Crippen molar-refractivity contribution in [1.29, 1.82) is 0 Å². The minimum atomic E-state index is -5.08. The van der Waals surface area contributed by atoms with Crippen LogP contribution in [0.25, 0.3) is 0 Å². The first kappa shape index (κ1) is 24.2. The van der Waals surface area contributed by atoms with Crippen LogP contribution in [0.3, 0.4) is 0 Å². The molecule has 0 radical (unpaired) electrons. The predicted molar refractivity (Wildman–Crippen MR) is 108 cm³/mol. The molecule has 2 fully saturated rings. The second-order valence-electron chi connectivity index (χ2n) is 8.24. The number of alkyl halides is 3. The number of hydrogen-bond donors (Lipinski definition) is 1. The minimum absolute atomic E-state index is 0.105. The number of ether oxygens (including phenoxy) is 2. The number of aliphatic carboxylic acids is 1. The Balaban J connectivity index is 0.000000360. The van der Waals surface area contributed by atoms with Gasteiger partial charge in [0.1, 0.15) is 0 Å². The molecule has 1 amide bonds. The smallest absolute Gasteiger partial charge is 0.475 e. The summed E-state index contributed by atoms with van der Waals surface area (Å²) in [4.78, 5) is 27.6. The number of carboxylic acids is 1. The highest BCUT2D eigenvalue weighted by Gasteiger charge is 2.45. The maximum Gasteiger partial charge on any atom is 0.490 e. The molecule has 1 N–H and O–H groups in total. The molecule has 2 saturated heterocycles. The van der Waals surface area contributed by atoms with Crippen LogP contribution in [-0.4, -0.2) is 64.4 Å². The maximum absolute atomic E-state index is 12.7. The van der Waals surface area contributed by atoms with Crippen LogP contribution >= 0.6 is 0 Å². The molecular weight excluding hydrogens is 429 g/mol. The number of carboxylic acid groups (broad SMARTS) is 1. The van der Waals surface area contributed by atoms with Gasteiger partial charge in [-0.3, -0.25) is 9.78 Å². The Kier molecular flexibility index (Phi) is 7.89. The van der Waals surface area contributed by atoms with Gasteiger partial charge in [0.15, 0.2) is 0 Å². The summed E-state index contributed by atoms with van der Waals surface area (Å²) in [5.41, 5.74) is 1.92. The third-order valence-corrected chi connectivity index (χ3v) is 5.79. The molecule has 1 aromatic rings. The number of piperidine rings is 1. The van der Waals surface area contributed by atoms with Crippen molar-refractivity contribution in [2.75, 3.05) is 19.7 Å². The molecule has 1 spiro atoms. The van der Waals surface area contributed by atoms with Crippen LogP contribution in [0, 0.1) is 0 Å². The average molecular weight is 456 g/mol. The van der Waals surface area contributed by atoms with Crippen molar-refractivity contribution in [2.24, 2.45) is 0 Å². The molecule has 1 aliphatic carbocycles. The summed E-state index contributed by atoms with van der Waals surface area (Å²) in [6.45, 7) is 2.76. The molecule has 1 aromatic heterocycles. The number of hydrogen-bond acceptors (Lipinski definition) is 5. The molecule has 0 bridgehead atoms. The molecule has 32 heavy (non-hydrogen) atoms. The summed E-state index contributed by atoms with van der Waals surface area (Å²) in [6.07, 6.45) is 6.70. The van der Waals surface area contributed by atoms with Gasteiger partial charge in [-0.05, 0) is 49.8 Å². The van der Waals surface area contributed by atoms with E-state index in [1.165, 1.54) is 0 Å². The number of aromatic nitrogens is 1. The highest BCUT2D eigenvalue weighted by molar-refractivity contribution is 5.93. The largest absolute Gasteiger partial charge is 0.490 e. The summed E-state index contributed by atoms with van der Waals surface area (Å²) in [7, 11) is 0. The van der Waals surface area contributed by atoms with Crippen LogP contribution in [0.4, 0.5) is 13.2 Å². The SMILES string of the molecule is O=C(C1=CCCC1)N1CCC[C@]2(C[C@@H](OCc3ccncc3)CO2)C1.O=C(O)C(F)(F)F. The van der Waals surface area contributed by atoms with Crippen molar-refractivity contribution in [3.63, 3.8) is 0 Å². The number of amides is 1. The zero-order chi connectivity index (χ0) is 23.2. The second-order valence-corrected chi connectivity index (χ2v) is 8.24. The van der Waals surface area contributed by atoms with E-state index in [1.807, 2.05) is 17.0 Å². The standard InChI is InChI=1S/C20H26N2O3.C2HF3O2/c23-19(17-4-1-2-5-17)22-11-3-8-20(15-22)12-18(14-25-20)24-13-16-6-9-21-10-7-16;3-2(4,5)1(6)7/h4,6-7,9-10,18H,1-3,5,8,11-15H2;(H,6,7)/t18-,20+;/m1./s1. The summed E-state index contributed by atoms with van der Waals surface area (Å²) < 4.78 is 44.0.